The minimum atomic E-state index is 0.321. The largest absolute Gasteiger partial charge is 0.381 e. The van der Waals surface area contributed by atoms with E-state index in [9.17, 15) is 0 Å². The zero-order chi connectivity index (χ0) is 13.8. The molecule has 2 heterocycles. The first-order valence-corrected chi connectivity index (χ1v) is 7.98. The predicted molar refractivity (Wildman–Crippen MR) is 80.3 cm³/mol. The summed E-state index contributed by atoms with van der Waals surface area (Å²) < 4.78 is 8.79. The first-order chi connectivity index (χ1) is 9.15. The SMILES string of the molecule is CCCNC(c1c(Br)cnn1C(C)C)C1CCOC1. The van der Waals surface area contributed by atoms with E-state index in [0.29, 0.717) is 18.0 Å². The molecule has 1 aromatic rings. The Labute approximate surface area is 124 Å². The zero-order valence-corrected chi connectivity index (χ0v) is 13.6. The predicted octanol–water partition coefficient (Wildman–Crippen LogP) is 3.30. The highest BCUT2D eigenvalue weighted by Gasteiger charge is 2.31. The highest BCUT2D eigenvalue weighted by atomic mass is 79.9. The van der Waals surface area contributed by atoms with Crippen LogP contribution in [0.25, 0.3) is 0 Å². The molecule has 5 heteroatoms. The molecule has 1 N–H and O–H groups in total. The van der Waals surface area contributed by atoms with Gasteiger partial charge in [0, 0.05) is 18.6 Å². The quantitative estimate of drug-likeness (QED) is 0.870. The molecule has 2 unspecified atom stereocenters. The van der Waals surface area contributed by atoms with Crippen molar-refractivity contribution in [3.05, 3.63) is 16.4 Å². The van der Waals surface area contributed by atoms with E-state index in [1.54, 1.807) is 0 Å². The fourth-order valence-corrected chi connectivity index (χ4v) is 3.18. The molecule has 108 valence electrons. The average Bonchev–Trinajstić information content (AvgIpc) is 3.01. The minimum Gasteiger partial charge on any atom is -0.381 e. The molecule has 0 aliphatic carbocycles. The van der Waals surface area contributed by atoms with Gasteiger partial charge in [-0.2, -0.15) is 5.10 Å². The third-order valence-electron chi connectivity index (χ3n) is 3.62. The van der Waals surface area contributed by atoms with Crippen LogP contribution in [-0.4, -0.2) is 29.5 Å². The van der Waals surface area contributed by atoms with Gasteiger partial charge in [-0.3, -0.25) is 4.68 Å². The van der Waals surface area contributed by atoms with E-state index in [1.807, 2.05) is 6.20 Å². The Bertz CT molecular complexity index is 399. The van der Waals surface area contributed by atoms with Gasteiger partial charge in [0.15, 0.2) is 0 Å². The van der Waals surface area contributed by atoms with Crippen molar-refractivity contribution in [3.63, 3.8) is 0 Å². The summed E-state index contributed by atoms with van der Waals surface area (Å²) in [5.41, 5.74) is 1.26. The molecule has 1 aliphatic rings. The summed E-state index contributed by atoms with van der Waals surface area (Å²) in [5.74, 6) is 0.539. The lowest BCUT2D eigenvalue weighted by Crippen LogP contribution is -2.32. The van der Waals surface area contributed by atoms with Gasteiger partial charge >= 0.3 is 0 Å². The number of rotatable bonds is 6. The Hall–Kier alpha value is -0.390. The van der Waals surface area contributed by atoms with Gasteiger partial charge < -0.3 is 10.1 Å². The second-order valence-electron chi connectivity index (χ2n) is 5.47. The highest BCUT2D eigenvalue weighted by Crippen LogP contribution is 2.34. The van der Waals surface area contributed by atoms with Crippen LogP contribution in [0.1, 0.15) is 51.4 Å². The Morgan fingerprint density at radius 3 is 2.95 bits per heavy atom. The molecule has 0 aromatic carbocycles. The van der Waals surface area contributed by atoms with Gasteiger partial charge in [-0.25, -0.2) is 0 Å². The average molecular weight is 330 g/mol. The number of hydrogen-bond donors (Lipinski definition) is 1. The number of hydrogen-bond acceptors (Lipinski definition) is 3. The number of halogens is 1. The van der Waals surface area contributed by atoms with Crippen molar-refractivity contribution in [2.45, 2.75) is 45.7 Å². The van der Waals surface area contributed by atoms with E-state index in [-0.39, 0.29) is 0 Å². The maximum Gasteiger partial charge on any atom is 0.0702 e. The molecule has 0 bridgehead atoms. The summed E-state index contributed by atoms with van der Waals surface area (Å²) in [6.45, 7) is 9.29. The maximum absolute atomic E-state index is 5.57. The van der Waals surface area contributed by atoms with Crippen LogP contribution in [0.4, 0.5) is 0 Å². The Morgan fingerprint density at radius 2 is 2.37 bits per heavy atom. The molecule has 2 rings (SSSR count). The minimum absolute atomic E-state index is 0.321. The van der Waals surface area contributed by atoms with Crippen LogP contribution in [0.3, 0.4) is 0 Å². The second kappa shape index (κ2) is 6.86. The lowest BCUT2D eigenvalue weighted by atomic mass is 9.95. The Balaban J connectivity index is 2.28. The fourth-order valence-electron chi connectivity index (χ4n) is 2.66. The summed E-state index contributed by atoms with van der Waals surface area (Å²) in [4.78, 5) is 0. The van der Waals surface area contributed by atoms with Gasteiger partial charge in [0.2, 0.25) is 0 Å². The van der Waals surface area contributed by atoms with Crippen molar-refractivity contribution >= 4 is 15.9 Å². The summed E-state index contributed by atoms with van der Waals surface area (Å²) in [7, 11) is 0. The third-order valence-corrected chi connectivity index (χ3v) is 4.23. The third kappa shape index (κ3) is 3.38. The van der Waals surface area contributed by atoms with Crippen molar-refractivity contribution in [1.82, 2.24) is 15.1 Å². The van der Waals surface area contributed by atoms with Crippen LogP contribution in [0.15, 0.2) is 10.7 Å². The highest BCUT2D eigenvalue weighted by molar-refractivity contribution is 9.10. The van der Waals surface area contributed by atoms with E-state index >= 15 is 0 Å². The summed E-state index contributed by atoms with van der Waals surface area (Å²) in [6, 6.07) is 0.691. The lowest BCUT2D eigenvalue weighted by molar-refractivity contribution is 0.175. The number of nitrogens with one attached hydrogen (secondary N) is 1. The first kappa shape index (κ1) is 15.0. The molecule has 0 amide bonds. The molecule has 1 aromatic heterocycles. The van der Waals surface area contributed by atoms with Crippen LogP contribution in [0.2, 0.25) is 0 Å². The van der Waals surface area contributed by atoms with Crippen LogP contribution in [0, 0.1) is 5.92 Å². The van der Waals surface area contributed by atoms with Crippen molar-refractivity contribution in [3.8, 4) is 0 Å². The van der Waals surface area contributed by atoms with E-state index in [1.165, 1.54) is 5.69 Å². The number of aromatic nitrogens is 2. The van der Waals surface area contributed by atoms with Crippen molar-refractivity contribution in [2.24, 2.45) is 5.92 Å². The maximum atomic E-state index is 5.57. The monoisotopic (exact) mass is 329 g/mol. The van der Waals surface area contributed by atoms with Crippen LogP contribution >= 0.6 is 15.9 Å². The molecular weight excluding hydrogens is 306 g/mol. The van der Waals surface area contributed by atoms with E-state index in [2.05, 4.69) is 51.8 Å². The van der Waals surface area contributed by atoms with Gasteiger partial charge in [0.25, 0.3) is 0 Å². The van der Waals surface area contributed by atoms with Crippen molar-refractivity contribution in [1.29, 1.82) is 0 Å². The molecule has 0 saturated carbocycles. The zero-order valence-electron chi connectivity index (χ0n) is 12.0. The molecule has 2 atom stereocenters. The Morgan fingerprint density at radius 1 is 1.58 bits per heavy atom. The molecule has 1 saturated heterocycles. The van der Waals surface area contributed by atoms with Crippen LogP contribution < -0.4 is 5.32 Å². The molecule has 4 nitrogen and oxygen atoms in total. The topological polar surface area (TPSA) is 39.1 Å². The van der Waals surface area contributed by atoms with Gasteiger partial charge in [-0.1, -0.05) is 6.92 Å². The smallest absolute Gasteiger partial charge is 0.0702 e. The van der Waals surface area contributed by atoms with Gasteiger partial charge in [-0.05, 0) is 49.2 Å². The van der Waals surface area contributed by atoms with Gasteiger partial charge in [-0.15, -0.1) is 0 Å². The fraction of sp³-hybridized carbons (Fsp3) is 0.786. The van der Waals surface area contributed by atoms with E-state index in [0.717, 1.165) is 37.1 Å². The first-order valence-electron chi connectivity index (χ1n) is 7.19. The molecule has 1 aliphatic heterocycles. The summed E-state index contributed by atoms with van der Waals surface area (Å²) >= 11 is 3.66. The molecule has 19 heavy (non-hydrogen) atoms. The summed E-state index contributed by atoms with van der Waals surface area (Å²) in [5, 5.41) is 8.18. The van der Waals surface area contributed by atoms with Crippen LogP contribution in [-0.2, 0) is 4.74 Å². The molecule has 0 radical (unpaired) electrons. The van der Waals surface area contributed by atoms with Crippen LogP contribution in [0.5, 0.6) is 0 Å². The Kier molecular flexibility index (Phi) is 5.42. The number of ether oxygens (including phenoxy) is 1. The molecule has 0 spiro atoms. The van der Waals surface area contributed by atoms with E-state index in [4.69, 9.17) is 4.74 Å². The normalized spacial score (nSPS) is 21.2. The molecule has 1 fully saturated rings. The summed E-state index contributed by atoms with van der Waals surface area (Å²) in [6.07, 6.45) is 4.17. The van der Waals surface area contributed by atoms with E-state index < -0.39 is 0 Å². The second-order valence-corrected chi connectivity index (χ2v) is 6.33. The van der Waals surface area contributed by atoms with Gasteiger partial charge in [0.05, 0.1) is 29.0 Å². The van der Waals surface area contributed by atoms with Crippen molar-refractivity contribution in [2.75, 3.05) is 19.8 Å². The number of nitrogens with zero attached hydrogens (tertiary/aromatic N) is 2. The standard InChI is InChI=1S/C14H24BrN3O/c1-4-6-16-13(11-5-7-19-9-11)14-12(15)8-17-18(14)10(2)3/h8,10-11,13,16H,4-7,9H2,1-3H3. The lowest BCUT2D eigenvalue weighted by Gasteiger charge is -2.26. The van der Waals surface area contributed by atoms with Crippen molar-refractivity contribution < 1.29 is 4.74 Å². The molecular formula is C14H24BrN3O. The van der Waals surface area contributed by atoms with Gasteiger partial charge in [0.1, 0.15) is 0 Å².